The van der Waals surface area contributed by atoms with Crippen molar-refractivity contribution in [3.05, 3.63) is 17.4 Å². The van der Waals surface area contributed by atoms with E-state index < -0.39 is 17.6 Å². The van der Waals surface area contributed by atoms with Crippen LogP contribution >= 0.6 is 0 Å². The van der Waals surface area contributed by atoms with Gasteiger partial charge in [-0.25, -0.2) is 0 Å². The summed E-state index contributed by atoms with van der Waals surface area (Å²) in [5, 5.41) is 36.6. The molecule has 2 N–H and O–H groups in total. The van der Waals surface area contributed by atoms with E-state index in [0.29, 0.717) is 37.4 Å². The lowest BCUT2D eigenvalue weighted by Crippen LogP contribution is -2.91. The number of nitrogens with zero attached hydrogens (tertiary/aromatic N) is 1. The van der Waals surface area contributed by atoms with Crippen molar-refractivity contribution in [1.82, 2.24) is 0 Å². The van der Waals surface area contributed by atoms with Gasteiger partial charge in [0.1, 0.15) is 11.8 Å². The minimum absolute atomic E-state index is 0.0571. The summed E-state index contributed by atoms with van der Waals surface area (Å²) < 4.78 is -0.212. The van der Waals surface area contributed by atoms with Crippen molar-refractivity contribution in [1.29, 1.82) is 0 Å². The fraction of sp³-hybridized carbons (Fsp3) is 0.864. The van der Waals surface area contributed by atoms with Gasteiger partial charge in [-0.3, -0.25) is 4.79 Å². The van der Waals surface area contributed by atoms with Gasteiger partial charge in [-0.15, -0.1) is 0 Å². The second-order valence-corrected chi connectivity index (χ2v) is 11.1. The highest BCUT2D eigenvalue weighted by atomic mass is 16.5. The molecule has 7 unspecified atom stereocenters. The first-order chi connectivity index (χ1) is 12.7. The molecule has 6 aliphatic carbocycles. The molecule has 27 heavy (non-hydrogen) atoms. The zero-order valence-corrected chi connectivity index (χ0v) is 16.4. The molecule has 7 rings (SSSR count). The molecule has 0 radical (unpaired) electrons. The van der Waals surface area contributed by atoms with Crippen molar-refractivity contribution in [2.45, 2.75) is 64.2 Å². The van der Waals surface area contributed by atoms with E-state index in [2.05, 4.69) is 13.5 Å². The summed E-state index contributed by atoms with van der Waals surface area (Å²) in [6.07, 6.45) is 2.38. The second-order valence-electron chi connectivity index (χ2n) is 11.1. The molecule has 0 aromatic rings. The zero-order valence-electron chi connectivity index (χ0n) is 16.4. The molecule has 148 valence electrons. The van der Waals surface area contributed by atoms with Crippen molar-refractivity contribution in [3.8, 4) is 0 Å². The third kappa shape index (κ3) is 1.47. The topological polar surface area (TPSA) is 80.6 Å². The van der Waals surface area contributed by atoms with Gasteiger partial charge in [0.15, 0.2) is 0 Å². The normalized spacial score (nSPS) is 65.6. The molecule has 5 heteroatoms. The van der Waals surface area contributed by atoms with Crippen LogP contribution in [0.3, 0.4) is 0 Å². The Balaban J connectivity index is 1.58. The Labute approximate surface area is 160 Å². The maximum Gasteiger partial charge on any atom is 0.140 e. The van der Waals surface area contributed by atoms with Gasteiger partial charge < -0.3 is 20.1 Å². The average Bonchev–Trinajstić information content (AvgIpc) is 2.81. The monoisotopic (exact) mass is 373 g/mol. The Morgan fingerprint density at radius 1 is 1.33 bits per heavy atom. The van der Waals surface area contributed by atoms with Crippen molar-refractivity contribution < 1.29 is 19.7 Å². The van der Waals surface area contributed by atoms with Crippen LogP contribution in [0.5, 0.6) is 0 Å². The van der Waals surface area contributed by atoms with E-state index in [1.54, 1.807) is 0 Å². The highest BCUT2D eigenvalue weighted by molar-refractivity contribution is 5.87. The number of hydroxylamine groups is 3. The van der Waals surface area contributed by atoms with Gasteiger partial charge >= 0.3 is 0 Å². The summed E-state index contributed by atoms with van der Waals surface area (Å²) in [6, 6.07) is -0.100. The number of piperidine rings is 2. The molecule has 1 aliphatic heterocycles. The fourth-order valence-corrected chi connectivity index (χ4v) is 10.1. The third-order valence-corrected chi connectivity index (χ3v) is 10.5. The number of carbonyl (C=O) groups is 1. The average molecular weight is 373 g/mol. The molecule has 0 aromatic heterocycles. The zero-order chi connectivity index (χ0) is 19.1. The minimum Gasteiger partial charge on any atom is -0.633 e. The number of carbonyl (C=O) groups excluding carboxylic acids is 1. The van der Waals surface area contributed by atoms with E-state index in [-0.39, 0.29) is 45.1 Å². The van der Waals surface area contributed by atoms with Gasteiger partial charge in [0, 0.05) is 29.1 Å². The lowest BCUT2D eigenvalue weighted by atomic mass is 9.24. The molecular weight excluding hydrogens is 342 g/mol. The molecule has 7 bridgehead atoms. The number of fused-ring (bicyclic) bond motifs is 1. The summed E-state index contributed by atoms with van der Waals surface area (Å²) in [7, 11) is 0. The quantitative estimate of drug-likeness (QED) is 0.419. The Morgan fingerprint density at radius 2 is 2.07 bits per heavy atom. The second kappa shape index (κ2) is 4.53. The summed E-state index contributed by atoms with van der Waals surface area (Å²) in [4.78, 5) is 13.0. The molecule has 7 fully saturated rings. The Bertz CT molecular complexity index is 780. The van der Waals surface area contributed by atoms with Gasteiger partial charge in [0.25, 0.3) is 0 Å². The first-order valence-corrected chi connectivity index (χ1v) is 10.8. The smallest absolute Gasteiger partial charge is 0.140 e. The largest absolute Gasteiger partial charge is 0.633 e. The fourth-order valence-electron chi connectivity index (χ4n) is 10.1. The number of quaternary nitrogens is 1. The lowest BCUT2D eigenvalue weighted by molar-refractivity contribution is -0.956. The molecule has 7 aliphatic rings. The highest BCUT2D eigenvalue weighted by Crippen LogP contribution is 2.83. The van der Waals surface area contributed by atoms with Crippen LogP contribution in [0.15, 0.2) is 12.2 Å². The maximum absolute atomic E-state index is 14.0. The molecule has 1 heterocycles. The highest BCUT2D eigenvalue weighted by Gasteiger charge is 2.88. The molecule has 0 aromatic carbocycles. The van der Waals surface area contributed by atoms with Crippen molar-refractivity contribution >= 4 is 5.78 Å². The van der Waals surface area contributed by atoms with Gasteiger partial charge in [-0.05, 0) is 50.0 Å². The number of aliphatic hydroxyl groups excluding tert-OH is 2. The predicted octanol–water partition coefficient (Wildman–Crippen LogP) is 2.01. The third-order valence-electron chi connectivity index (χ3n) is 10.5. The first kappa shape index (κ1) is 17.1. The van der Waals surface area contributed by atoms with E-state index in [1.807, 2.05) is 6.92 Å². The maximum atomic E-state index is 14.0. The molecule has 5 nitrogen and oxygen atoms in total. The summed E-state index contributed by atoms with van der Waals surface area (Å²) in [6.45, 7) is 9.50. The van der Waals surface area contributed by atoms with Gasteiger partial charge in [0.2, 0.25) is 0 Å². The number of ketones is 1. The van der Waals surface area contributed by atoms with Gasteiger partial charge in [-0.1, -0.05) is 13.5 Å². The van der Waals surface area contributed by atoms with Gasteiger partial charge in [-0.2, -0.15) is 0 Å². The molecule has 0 amide bonds. The number of Topliss-reactive ketones (excluding diaryl/α,β-unsaturated/α-hetero) is 1. The Kier molecular flexibility index (Phi) is 2.88. The predicted molar refractivity (Wildman–Crippen MR) is 99.0 cm³/mol. The van der Waals surface area contributed by atoms with Crippen LogP contribution < -0.4 is 0 Å². The van der Waals surface area contributed by atoms with Crippen LogP contribution in [0.4, 0.5) is 0 Å². The van der Waals surface area contributed by atoms with Crippen LogP contribution in [-0.2, 0) is 4.79 Å². The van der Waals surface area contributed by atoms with Crippen molar-refractivity contribution in [3.63, 3.8) is 0 Å². The number of hydrogen-bond acceptors (Lipinski definition) is 4. The van der Waals surface area contributed by atoms with Crippen LogP contribution in [0.2, 0.25) is 0 Å². The lowest BCUT2D eigenvalue weighted by Gasteiger charge is -2.85. The summed E-state index contributed by atoms with van der Waals surface area (Å²) in [5.41, 5.74) is -0.198. The number of aliphatic hydroxyl groups is 2. The van der Waals surface area contributed by atoms with Crippen LogP contribution in [-0.4, -0.2) is 52.0 Å². The van der Waals surface area contributed by atoms with Crippen molar-refractivity contribution in [2.24, 2.45) is 39.9 Å². The molecule has 1 saturated heterocycles. The number of rotatable bonds is 1. The first-order valence-electron chi connectivity index (χ1n) is 10.8. The summed E-state index contributed by atoms with van der Waals surface area (Å²) in [5.74, 6) is 0.481. The van der Waals surface area contributed by atoms with E-state index in [1.165, 1.54) is 0 Å². The molecular formula is C22H31NO4. The van der Waals surface area contributed by atoms with E-state index in [0.717, 1.165) is 19.3 Å². The molecule has 11 atom stereocenters. The van der Waals surface area contributed by atoms with E-state index in [9.17, 15) is 20.2 Å². The van der Waals surface area contributed by atoms with E-state index in [4.69, 9.17) is 0 Å². The summed E-state index contributed by atoms with van der Waals surface area (Å²) >= 11 is 0. The SMILES string of the molecule is C=C1C2CC3(C[C@H]4C5C6(C3CC2=O)C4[N+]([O-])(CC)C[C@]5(C)CC[C@@H]6O)[C@@H]1O. The van der Waals surface area contributed by atoms with Crippen molar-refractivity contribution in [2.75, 3.05) is 13.1 Å². The molecule has 2 spiro atoms. The number of hydrogen-bond donors (Lipinski definition) is 2. The molecule has 6 saturated carbocycles. The number of likely N-dealkylation sites (tertiary alicyclic amines) is 1. The standard InChI is InChI=1S/C22H31NO4/c1-4-23(27)10-20(3)6-5-16(25)22-15-7-14(24)12-8-21(15,19(26)11(12)2)9-13(17(20)22)18(22)23/h12-13,15-19,25-26H,2,4-10H2,1,3H3/t12?,13-,15?,16-,17?,18?,19+,20-,21?,22?,23?/m0/s1. The van der Waals surface area contributed by atoms with Crippen LogP contribution in [0.25, 0.3) is 0 Å². The van der Waals surface area contributed by atoms with E-state index >= 15 is 0 Å². The van der Waals surface area contributed by atoms with Gasteiger partial charge in [0.05, 0.1) is 30.7 Å². The Morgan fingerprint density at radius 3 is 2.78 bits per heavy atom. The van der Waals surface area contributed by atoms with Crippen LogP contribution in [0.1, 0.15) is 46.0 Å². The Hall–Kier alpha value is -0.750. The minimum atomic E-state index is -0.657. The van der Waals surface area contributed by atoms with Crippen LogP contribution in [0, 0.1) is 45.1 Å².